The van der Waals surface area contributed by atoms with Crippen molar-refractivity contribution in [3.8, 4) is 5.75 Å². The SMILES string of the molecule is COc1c(Br)cc([C@H](N)CO)cc1Br. The van der Waals surface area contributed by atoms with Gasteiger partial charge in [-0.1, -0.05) is 0 Å². The number of methoxy groups -OCH3 is 1. The van der Waals surface area contributed by atoms with Crippen LogP contribution in [0.3, 0.4) is 0 Å². The van der Waals surface area contributed by atoms with E-state index in [9.17, 15) is 0 Å². The Morgan fingerprint density at radius 2 is 1.93 bits per heavy atom. The second kappa shape index (κ2) is 5.11. The highest BCUT2D eigenvalue weighted by Gasteiger charge is 2.11. The van der Waals surface area contributed by atoms with Crippen molar-refractivity contribution in [2.75, 3.05) is 13.7 Å². The number of halogens is 2. The lowest BCUT2D eigenvalue weighted by atomic mass is 10.1. The number of aliphatic hydroxyl groups excluding tert-OH is 1. The van der Waals surface area contributed by atoms with Crippen molar-refractivity contribution in [2.24, 2.45) is 5.73 Å². The minimum atomic E-state index is -0.367. The van der Waals surface area contributed by atoms with Crippen LogP contribution in [0.5, 0.6) is 5.75 Å². The Morgan fingerprint density at radius 3 is 2.29 bits per heavy atom. The first-order chi connectivity index (χ1) is 6.60. The molecule has 5 heteroatoms. The highest BCUT2D eigenvalue weighted by atomic mass is 79.9. The summed E-state index contributed by atoms with van der Waals surface area (Å²) in [4.78, 5) is 0. The Bertz CT molecular complexity index is 308. The molecule has 0 aliphatic carbocycles. The second-order valence-electron chi connectivity index (χ2n) is 2.81. The number of nitrogens with two attached hydrogens (primary N) is 1. The van der Waals surface area contributed by atoms with E-state index in [0.29, 0.717) is 0 Å². The third-order valence-corrected chi connectivity index (χ3v) is 3.03. The lowest BCUT2D eigenvalue weighted by Crippen LogP contribution is -2.14. The largest absolute Gasteiger partial charge is 0.494 e. The van der Waals surface area contributed by atoms with Gasteiger partial charge in [0.15, 0.2) is 0 Å². The molecule has 1 atom stereocenters. The molecule has 3 N–H and O–H groups in total. The van der Waals surface area contributed by atoms with Crippen molar-refractivity contribution in [3.05, 3.63) is 26.6 Å². The lowest BCUT2D eigenvalue weighted by Gasteiger charge is -2.12. The fourth-order valence-corrected chi connectivity index (χ4v) is 2.64. The molecule has 1 aromatic rings. The van der Waals surface area contributed by atoms with E-state index < -0.39 is 0 Å². The molecule has 0 aliphatic heterocycles. The van der Waals surface area contributed by atoms with Gasteiger partial charge in [0.05, 0.1) is 28.7 Å². The van der Waals surface area contributed by atoms with E-state index in [0.717, 1.165) is 20.3 Å². The Hall–Kier alpha value is -0.100. The van der Waals surface area contributed by atoms with Gasteiger partial charge in [0.1, 0.15) is 5.75 Å². The van der Waals surface area contributed by atoms with Crippen LogP contribution in [0.1, 0.15) is 11.6 Å². The molecule has 0 unspecified atom stereocenters. The molecule has 1 rings (SSSR count). The zero-order valence-electron chi connectivity index (χ0n) is 7.63. The standard InChI is InChI=1S/C9H11Br2NO2/c1-14-9-6(10)2-5(3-7(9)11)8(12)4-13/h2-3,8,13H,4,12H2,1H3/t8-/m1/s1. The van der Waals surface area contributed by atoms with Crippen LogP contribution < -0.4 is 10.5 Å². The Labute approximate surface area is 99.5 Å². The van der Waals surface area contributed by atoms with Gasteiger partial charge in [-0.3, -0.25) is 0 Å². The van der Waals surface area contributed by atoms with Crippen LogP contribution in [0.2, 0.25) is 0 Å². The first-order valence-electron chi connectivity index (χ1n) is 3.99. The van der Waals surface area contributed by atoms with E-state index in [1.165, 1.54) is 0 Å². The second-order valence-corrected chi connectivity index (χ2v) is 4.52. The predicted octanol–water partition coefficient (Wildman–Crippen LogP) is 2.21. The quantitative estimate of drug-likeness (QED) is 0.896. The van der Waals surface area contributed by atoms with Gasteiger partial charge < -0.3 is 15.6 Å². The van der Waals surface area contributed by atoms with Gasteiger partial charge >= 0.3 is 0 Å². The maximum Gasteiger partial charge on any atom is 0.147 e. The fourth-order valence-electron chi connectivity index (χ4n) is 1.09. The lowest BCUT2D eigenvalue weighted by molar-refractivity contribution is 0.268. The van der Waals surface area contributed by atoms with Gasteiger partial charge in [0, 0.05) is 0 Å². The maximum absolute atomic E-state index is 8.91. The monoisotopic (exact) mass is 323 g/mol. The Morgan fingerprint density at radius 1 is 1.43 bits per heavy atom. The number of hydrogen-bond donors (Lipinski definition) is 2. The molecule has 1 aromatic carbocycles. The third-order valence-electron chi connectivity index (χ3n) is 1.85. The summed E-state index contributed by atoms with van der Waals surface area (Å²) in [6, 6.07) is 3.31. The number of benzene rings is 1. The molecule has 78 valence electrons. The summed E-state index contributed by atoms with van der Waals surface area (Å²) in [6.45, 7) is -0.0782. The van der Waals surface area contributed by atoms with Crippen LogP contribution in [0, 0.1) is 0 Å². The average molecular weight is 325 g/mol. The minimum Gasteiger partial charge on any atom is -0.494 e. The molecule has 0 heterocycles. The van der Waals surface area contributed by atoms with E-state index in [-0.39, 0.29) is 12.6 Å². The molecule has 0 aromatic heterocycles. The molecule has 0 amide bonds. The van der Waals surface area contributed by atoms with Crippen molar-refractivity contribution >= 4 is 31.9 Å². The fraction of sp³-hybridized carbons (Fsp3) is 0.333. The third kappa shape index (κ3) is 2.48. The number of ether oxygens (including phenoxy) is 1. The van der Waals surface area contributed by atoms with Crippen molar-refractivity contribution in [1.29, 1.82) is 0 Å². The molecule has 0 spiro atoms. The van der Waals surface area contributed by atoms with Crippen molar-refractivity contribution in [1.82, 2.24) is 0 Å². The van der Waals surface area contributed by atoms with Crippen LogP contribution in [0.4, 0.5) is 0 Å². The maximum atomic E-state index is 8.91. The summed E-state index contributed by atoms with van der Waals surface area (Å²) in [7, 11) is 1.59. The zero-order chi connectivity index (χ0) is 10.7. The number of hydrogen-bond acceptors (Lipinski definition) is 3. The molecule has 0 saturated carbocycles. The first-order valence-corrected chi connectivity index (χ1v) is 5.58. The van der Waals surface area contributed by atoms with Gasteiger partial charge in [-0.25, -0.2) is 0 Å². The van der Waals surface area contributed by atoms with Crippen LogP contribution >= 0.6 is 31.9 Å². The van der Waals surface area contributed by atoms with Crippen LogP contribution in [0.15, 0.2) is 21.1 Å². The predicted molar refractivity (Wildman–Crippen MR) is 62.4 cm³/mol. The van der Waals surface area contributed by atoms with Crippen molar-refractivity contribution in [3.63, 3.8) is 0 Å². The van der Waals surface area contributed by atoms with E-state index >= 15 is 0 Å². The topological polar surface area (TPSA) is 55.5 Å². The summed E-state index contributed by atoms with van der Waals surface area (Å²) in [5.74, 6) is 0.721. The highest BCUT2D eigenvalue weighted by molar-refractivity contribution is 9.11. The van der Waals surface area contributed by atoms with E-state index in [2.05, 4.69) is 31.9 Å². The summed E-state index contributed by atoms with van der Waals surface area (Å²) in [6.07, 6.45) is 0. The summed E-state index contributed by atoms with van der Waals surface area (Å²) < 4.78 is 6.77. The van der Waals surface area contributed by atoms with Gasteiger partial charge in [-0.15, -0.1) is 0 Å². The highest BCUT2D eigenvalue weighted by Crippen LogP contribution is 2.35. The van der Waals surface area contributed by atoms with Crippen LogP contribution in [-0.2, 0) is 0 Å². The molecule has 0 bridgehead atoms. The van der Waals surface area contributed by atoms with Crippen molar-refractivity contribution in [2.45, 2.75) is 6.04 Å². The Kier molecular flexibility index (Phi) is 4.37. The Balaban J connectivity index is 3.13. The average Bonchev–Trinajstić information content (AvgIpc) is 2.16. The molecule has 0 radical (unpaired) electrons. The molecule has 0 saturated heterocycles. The summed E-state index contributed by atoms with van der Waals surface area (Å²) in [5, 5.41) is 8.91. The smallest absolute Gasteiger partial charge is 0.147 e. The van der Waals surface area contributed by atoms with Gasteiger partial charge in [0.25, 0.3) is 0 Å². The van der Waals surface area contributed by atoms with Crippen molar-refractivity contribution < 1.29 is 9.84 Å². The molecule has 0 aliphatic rings. The normalized spacial score (nSPS) is 12.6. The summed E-state index contributed by atoms with van der Waals surface area (Å²) >= 11 is 6.73. The molecule has 14 heavy (non-hydrogen) atoms. The molecular formula is C9H11Br2NO2. The summed E-state index contributed by atoms with van der Waals surface area (Å²) in [5.41, 5.74) is 6.54. The number of aliphatic hydroxyl groups is 1. The molecular weight excluding hydrogens is 314 g/mol. The van der Waals surface area contributed by atoms with E-state index in [1.807, 2.05) is 12.1 Å². The van der Waals surface area contributed by atoms with E-state index in [1.54, 1.807) is 7.11 Å². The minimum absolute atomic E-state index is 0.0782. The molecule has 3 nitrogen and oxygen atoms in total. The molecule has 0 fully saturated rings. The van der Waals surface area contributed by atoms with Crippen LogP contribution in [0.25, 0.3) is 0 Å². The van der Waals surface area contributed by atoms with Gasteiger partial charge in [0.2, 0.25) is 0 Å². The zero-order valence-corrected chi connectivity index (χ0v) is 10.8. The van der Waals surface area contributed by atoms with Gasteiger partial charge in [-0.05, 0) is 49.6 Å². The van der Waals surface area contributed by atoms with E-state index in [4.69, 9.17) is 15.6 Å². The number of rotatable bonds is 3. The van der Waals surface area contributed by atoms with Gasteiger partial charge in [-0.2, -0.15) is 0 Å². The van der Waals surface area contributed by atoms with Crippen LogP contribution in [-0.4, -0.2) is 18.8 Å². The first kappa shape index (κ1) is 12.0.